The van der Waals surface area contributed by atoms with Gasteiger partial charge in [0.25, 0.3) is 11.8 Å². The summed E-state index contributed by atoms with van der Waals surface area (Å²) in [6.45, 7) is 0. The summed E-state index contributed by atoms with van der Waals surface area (Å²) in [6, 6.07) is 9.96. The molecular weight excluding hydrogens is 366 g/mol. The van der Waals surface area contributed by atoms with Gasteiger partial charge in [0, 0.05) is 11.6 Å². The maximum Gasteiger partial charge on any atom is 0.271 e. The predicted octanol–water partition coefficient (Wildman–Crippen LogP) is 2.32. The lowest BCUT2D eigenvalue weighted by Gasteiger charge is -2.01. The Morgan fingerprint density at radius 3 is 2.78 bits per heavy atom. The first-order valence-corrected chi connectivity index (χ1v) is 7.19. The zero-order valence-corrected chi connectivity index (χ0v) is 13.3. The van der Waals surface area contributed by atoms with Crippen molar-refractivity contribution < 1.29 is 19.2 Å². The van der Waals surface area contributed by atoms with Crippen molar-refractivity contribution in [2.75, 3.05) is 0 Å². The highest BCUT2D eigenvalue weighted by Gasteiger charge is 2.04. The van der Waals surface area contributed by atoms with Crippen LogP contribution in [-0.4, -0.2) is 23.2 Å². The number of carbonyl (C=O) groups is 2. The molecule has 0 bridgehead atoms. The summed E-state index contributed by atoms with van der Waals surface area (Å²) >= 11 is 3.16. The minimum atomic E-state index is -0.658. The van der Waals surface area contributed by atoms with E-state index in [1.54, 1.807) is 36.4 Å². The lowest BCUT2D eigenvalue weighted by molar-refractivity contribution is -0.124. The minimum absolute atomic E-state index is 0.370. The standard InChI is InChI=1S/C15H12BrN3O4/c16-13-6-5-12(23-13)9-17-18-15(21)11-3-1-2-10(8-11)4-7-14(20)19-22/h1-9,22H,(H,18,21)(H,19,20). The molecule has 2 amide bonds. The average molecular weight is 378 g/mol. The third-order valence-electron chi connectivity index (χ3n) is 2.64. The molecule has 0 saturated carbocycles. The number of hydrogen-bond acceptors (Lipinski definition) is 5. The van der Waals surface area contributed by atoms with Crippen molar-refractivity contribution in [3.05, 3.63) is 64.0 Å². The number of rotatable bonds is 5. The fourth-order valence-corrected chi connectivity index (χ4v) is 1.93. The monoisotopic (exact) mass is 377 g/mol. The van der Waals surface area contributed by atoms with Gasteiger partial charge in [0.1, 0.15) is 5.76 Å². The van der Waals surface area contributed by atoms with Crippen molar-refractivity contribution in [1.29, 1.82) is 0 Å². The number of benzene rings is 1. The number of nitrogens with one attached hydrogen (secondary N) is 2. The van der Waals surface area contributed by atoms with Crippen LogP contribution in [0.5, 0.6) is 0 Å². The van der Waals surface area contributed by atoms with Crippen LogP contribution in [0.3, 0.4) is 0 Å². The van der Waals surface area contributed by atoms with E-state index in [0.717, 1.165) is 6.08 Å². The zero-order chi connectivity index (χ0) is 16.7. The van der Waals surface area contributed by atoms with Gasteiger partial charge in [-0.3, -0.25) is 14.8 Å². The molecule has 0 saturated heterocycles. The summed E-state index contributed by atoms with van der Waals surface area (Å²) in [7, 11) is 0. The quantitative estimate of drug-likeness (QED) is 0.322. The molecule has 1 aromatic heterocycles. The fraction of sp³-hybridized carbons (Fsp3) is 0. The number of carbonyl (C=O) groups excluding carboxylic acids is 2. The second-order valence-electron chi connectivity index (χ2n) is 4.28. The molecule has 0 spiro atoms. The highest BCUT2D eigenvalue weighted by molar-refractivity contribution is 9.10. The minimum Gasteiger partial charge on any atom is -0.448 e. The van der Waals surface area contributed by atoms with Crippen LogP contribution in [0.4, 0.5) is 0 Å². The number of halogens is 1. The molecule has 8 heteroatoms. The topological polar surface area (TPSA) is 104 Å². The van der Waals surface area contributed by atoms with Gasteiger partial charge >= 0.3 is 0 Å². The van der Waals surface area contributed by atoms with Crippen LogP contribution in [0.2, 0.25) is 0 Å². The molecule has 1 heterocycles. The Balaban J connectivity index is 2.00. The highest BCUT2D eigenvalue weighted by atomic mass is 79.9. The molecule has 0 aliphatic rings. The van der Waals surface area contributed by atoms with Crippen LogP contribution in [0.1, 0.15) is 21.7 Å². The number of hydrogen-bond donors (Lipinski definition) is 3. The Bertz CT molecular complexity index is 768. The molecule has 2 aromatic rings. The molecule has 3 N–H and O–H groups in total. The van der Waals surface area contributed by atoms with E-state index in [9.17, 15) is 9.59 Å². The van der Waals surface area contributed by atoms with Crippen molar-refractivity contribution in [3.63, 3.8) is 0 Å². The van der Waals surface area contributed by atoms with Crippen LogP contribution < -0.4 is 10.9 Å². The van der Waals surface area contributed by atoms with E-state index in [2.05, 4.69) is 26.5 Å². The molecular formula is C15H12BrN3O4. The molecule has 0 unspecified atom stereocenters. The van der Waals surface area contributed by atoms with Crippen molar-refractivity contribution in [2.45, 2.75) is 0 Å². The molecule has 0 atom stereocenters. The van der Waals surface area contributed by atoms with E-state index in [0.29, 0.717) is 21.6 Å². The zero-order valence-electron chi connectivity index (χ0n) is 11.7. The summed E-state index contributed by atoms with van der Waals surface area (Å²) in [5, 5.41) is 12.2. The Hall–Kier alpha value is -2.71. The van der Waals surface area contributed by atoms with Crippen LogP contribution in [-0.2, 0) is 4.79 Å². The van der Waals surface area contributed by atoms with Crippen LogP contribution >= 0.6 is 15.9 Å². The highest BCUT2D eigenvalue weighted by Crippen LogP contribution is 2.12. The first-order chi connectivity index (χ1) is 11.1. The van der Waals surface area contributed by atoms with E-state index in [1.807, 2.05) is 0 Å². The molecule has 118 valence electrons. The predicted molar refractivity (Wildman–Crippen MR) is 86.9 cm³/mol. The number of furan rings is 1. The van der Waals surface area contributed by atoms with Crippen LogP contribution in [0, 0.1) is 0 Å². The molecule has 0 radical (unpaired) electrons. The smallest absolute Gasteiger partial charge is 0.271 e. The molecule has 7 nitrogen and oxygen atoms in total. The van der Waals surface area contributed by atoms with Gasteiger partial charge in [-0.2, -0.15) is 5.10 Å². The van der Waals surface area contributed by atoms with Gasteiger partial charge in [0.05, 0.1) is 6.21 Å². The van der Waals surface area contributed by atoms with Crippen molar-refractivity contribution in [3.8, 4) is 0 Å². The summed E-state index contributed by atoms with van der Waals surface area (Å²) < 4.78 is 5.77. The van der Waals surface area contributed by atoms with Crippen LogP contribution in [0.25, 0.3) is 6.08 Å². The molecule has 1 aromatic carbocycles. The van der Waals surface area contributed by atoms with Crippen LogP contribution in [0.15, 0.2) is 56.7 Å². The third-order valence-corrected chi connectivity index (χ3v) is 3.06. The number of amides is 2. The second-order valence-corrected chi connectivity index (χ2v) is 5.06. The first-order valence-electron chi connectivity index (χ1n) is 6.39. The van der Waals surface area contributed by atoms with Gasteiger partial charge in [0.2, 0.25) is 0 Å². The fourth-order valence-electron chi connectivity index (χ4n) is 1.61. The second kappa shape index (κ2) is 8.06. The lowest BCUT2D eigenvalue weighted by atomic mass is 10.1. The molecule has 23 heavy (non-hydrogen) atoms. The van der Waals surface area contributed by atoms with Crippen molar-refractivity contribution >= 4 is 40.0 Å². The van der Waals surface area contributed by atoms with E-state index >= 15 is 0 Å². The molecule has 0 aliphatic heterocycles. The van der Waals surface area contributed by atoms with E-state index < -0.39 is 11.8 Å². The largest absolute Gasteiger partial charge is 0.448 e. The number of nitrogens with zero attached hydrogens (tertiary/aromatic N) is 1. The first kappa shape index (κ1) is 16.7. The molecule has 2 rings (SSSR count). The SMILES string of the molecule is O=C(C=Cc1cccc(C(=O)NN=Cc2ccc(Br)o2)c1)NO. The third kappa shape index (κ3) is 5.20. The summed E-state index contributed by atoms with van der Waals surface area (Å²) in [5.74, 6) is -0.577. The Labute approximate surface area is 139 Å². The van der Waals surface area contributed by atoms with Gasteiger partial charge in [-0.15, -0.1) is 0 Å². The molecule has 0 fully saturated rings. The van der Waals surface area contributed by atoms with Gasteiger partial charge in [-0.1, -0.05) is 12.1 Å². The summed E-state index contributed by atoms with van der Waals surface area (Å²) in [6.07, 6.45) is 3.98. The Morgan fingerprint density at radius 2 is 2.09 bits per heavy atom. The maximum absolute atomic E-state index is 12.0. The van der Waals surface area contributed by atoms with E-state index in [-0.39, 0.29) is 0 Å². The van der Waals surface area contributed by atoms with Gasteiger partial charge < -0.3 is 4.42 Å². The normalized spacial score (nSPS) is 11.0. The number of hydrazone groups is 1. The maximum atomic E-state index is 12.0. The summed E-state index contributed by atoms with van der Waals surface area (Å²) in [5.41, 5.74) is 4.85. The van der Waals surface area contributed by atoms with Crippen molar-refractivity contribution in [1.82, 2.24) is 10.9 Å². The average Bonchev–Trinajstić information content (AvgIpc) is 2.98. The number of hydroxylamine groups is 1. The van der Waals surface area contributed by atoms with Gasteiger partial charge in [-0.25, -0.2) is 10.9 Å². The Kier molecular flexibility index (Phi) is 5.84. The van der Waals surface area contributed by atoms with E-state index in [1.165, 1.54) is 17.8 Å². The van der Waals surface area contributed by atoms with Crippen molar-refractivity contribution in [2.24, 2.45) is 5.10 Å². The van der Waals surface area contributed by atoms with Gasteiger partial charge in [-0.05, 0) is 51.8 Å². The Morgan fingerprint density at radius 1 is 1.26 bits per heavy atom. The summed E-state index contributed by atoms with van der Waals surface area (Å²) in [4.78, 5) is 22.9. The van der Waals surface area contributed by atoms with Gasteiger partial charge in [0.15, 0.2) is 4.67 Å². The van der Waals surface area contributed by atoms with E-state index in [4.69, 9.17) is 9.62 Å². The molecule has 0 aliphatic carbocycles. The lowest BCUT2D eigenvalue weighted by Crippen LogP contribution is -2.17.